The highest BCUT2D eigenvalue weighted by Gasteiger charge is 2.54. The third-order valence-corrected chi connectivity index (χ3v) is 13.5. The van der Waals surface area contributed by atoms with Crippen LogP contribution in [0, 0.1) is 23.7 Å². The molecule has 4 saturated heterocycles. The van der Waals surface area contributed by atoms with E-state index in [2.05, 4.69) is 0 Å². The van der Waals surface area contributed by atoms with Crippen LogP contribution < -0.4 is 0 Å². The monoisotopic (exact) mass is 847 g/mol. The van der Waals surface area contributed by atoms with Crippen molar-refractivity contribution < 1.29 is 73.1 Å². The second kappa shape index (κ2) is 20.1. The van der Waals surface area contributed by atoms with E-state index in [9.17, 15) is 39.9 Å². The molecular weight excluding hydrogens is 772 g/mol. The molecule has 1 amide bonds. The van der Waals surface area contributed by atoms with Crippen molar-refractivity contribution in [2.45, 2.75) is 179 Å². The zero-order chi connectivity index (χ0) is 44.4. The molecule has 0 aliphatic carbocycles. The molecule has 59 heavy (non-hydrogen) atoms. The molecule has 0 bridgehead atoms. The van der Waals surface area contributed by atoms with Gasteiger partial charge in [-0.25, -0.2) is 0 Å². The van der Waals surface area contributed by atoms with Gasteiger partial charge in [-0.1, -0.05) is 27.7 Å². The molecule has 18 atom stereocenters. The minimum Gasteiger partial charge on any atom is -0.459 e. The molecule has 0 unspecified atom stereocenters. The molecule has 4 heterocycles. The number of hydrogen-bond donors (Lipinski definition) is 5. The Morgan fingerprint density at radius 2 is 1.54 bits per heavy atom. The van der Waals surface area contributed by atoms with Crippen LogP contribution in [-0.4, -0.2) is 184 Å². The van der Waals surface area contributed by atoms with Crippen LogP contribution in [0.5, 0.6) is 0 Å². The van der Waals surface area contributed by atoms with Crippen LogP contribution in [0.1, 0.15) is 94.9 Å². The first kappa shape index (κ1) is 49.8. The number of carbonyl (C=O) groups excluding carboxylic acids is 3. The second-order valence-electron chi connectivity index (χ2n) is 18.4. The summed E-state index contributed by atoms with van der Waals surface area (Å²) >= 11 is 0. The lowest BCUT2D eigenvalue weighted by atomic mass is 9.74. The Morgan fingerprint density at radius 3 is 2.14 bits per heavy atom. The van der Waals surface area contributed by atoms with Gasteiger partial charge in [0.2, 0.25) is 5.91 Å². The molecule has 4 fully saturated rings. The van der Waals surface area contributed by atoms with Crippen molar-refractivity contribution in [3.05, 3.63) is 0 Å². The fourth-order valence-corrected chi connectivity index (χ4v) is 9.53. The van der Waals surface area contributed by atoms with Crippen LogP contribution in [0.2, 0.25) is 0 Å². The predicted octanol–water partition coefficient (Wildman–Crippen LogP) is 1.01. The van der Waals surface area contributed by atoms with E-state index in [1.165, 1.54) is 32.8 Å². The number of amides is 1. The average Bonchev–Trinajstić information content (AvgIpc) is 3.18. The van der Waals surface area contributed by atoms with Gasteiger partial charge in [0.15, 0.2) is 12.6 Å². The Balaban J connectivity index is 1.77. The largest absolute Gasteiger partial charge is 0.459 e. The number of rotatable bonds is 9. The Bertz CT molecular complexity index is 1410. The zero-order valence-electron chi connectivity index (χ0n) is 37.2. The molecule has 0 spiro atoms. The molecule has 17 heteroatoms. The van der Waals surface area contributed by atoms with E-state index < -0.39 is 120 Å². The lowest BCUT2D eigenvalue weighted by Crippen LogP contribution is -2.62. The number of aliphatic hydroxyl groups excluding tert-OH is 3. The minimum atomic E-state index is -2.03. The third kappa shape index (κ3) is 11.2. The molecule has 0 aromatic rings. The van der Waals surface area contributed by atoms with Crippen molar-refractivity contribution in [2.24, 2.45) is 23.7 Å². The molecule has 5 N–H and O–H groups in total. The van der Waals surface area contributed by atoms with E-state index >= 15 is 0 Å². The average molecular weight is 847 g/mol. The van der Waals surface area contributed by atoms with Gasteiger partial charge < -0.3 is 63.6 Å². The normalized spacial score (nSPS) is 46.3. The fourth-order valence-electron chi connectivity index (χ4n) is 9.53. The van der Waals surface area contributed by atoms with Gasteiger partial charge in [0, 0.05) is 51.4 Å². The van der Waals surface area contributed by atoms with Crippen molar-refractivity contribution in [1.29, 1.82) is 0 Å². The van der Waals surface area contributed by atoms with Crippen molar-refractivity contribution in [3.63, 3.8) is 0 Å². The maximum absolute atomic E-state index is 14.2. The number of likely N-dealkylation sites (N-methyl/N-ethyl adjacent to an activating group) is 1. The smallest absolute Gasteiger partial charge is 0.311 e. The molecule has 0 radical (unpaired) electrons. The Hall–Kier alpha value is -1.87. The maximum atomic E-state index is 14.2. The summed E-state index contributed by atoms with van der Waals surface area (Å²) in [7, 11) is 3.10. The number of cyclic esters (lactones) is 1. The highest BCUT2D eigenvalue weighted by atomic mass is 16.7. The highest BCUT2D eigenvalue weighted by molar-refractivity contribution is 5.83. The molecule has 0 aromatic carbocycles. The van der Waals surface area contributed by atoms with Crippen LogP contribution in [0.15, 0.2) is 0 Å². The summed E-state index contributed by atoms with van der Waals surface area (Å²) in [6.45, 7) is 18.5. The van der Waals surface area contributed by atoms with Gasteiger partial charge in [0.05, 0.1) is 73.4 Å². The third-order valence-electron chi connectivity index (χ3n) is 13.5. The molecule has 4 rings (SSSR count). The first-order valence-corrected chi connectivity index (χ1v) is 21.4. The number of morpholine rings is 1. The van der Waals surface area contributed by atoms with Crippen LogP contribution in [0.25, 0.3) is 0 Å². The minimum absolute atomic E-state index is 0.0539. The molecule has 0 saturated carbocycles. The number of ether oxygens (including phenoxy) is 7. The van der Waals surface area contributed by atoms with Crippen LogP contribution in [-0.2, 0) is 47.5 Å². The zero-order valence-corrected chi connectivity index (χ0v) is 37.2. The lowest BCUT2D eigenvalue weighted by molar-refractivity contribution is -0.317. The van der Waals surface area contributed by atoms with Crippen molar-refractivity contribution in [3.8, 4) is 0 Å². The molecule has 0 aromatic heterocycles. The quantitative estimate of drug-likeness (QED) is 0.204. The Kier molecular flexibility index (Phi) is 17.0. The van der Waals surface area contributed by atoms with E-state index in [1.807, 2.05) is 4.90 Å². The Labute approximate surface area is 349 Å². The summed E-state index contributed by atoms with van der Waals surface area (Å²) in [5, 5.41) is 58.6. The standard InChI is InChI=1S/C42H74N2O15/c1-13-29-42(10,52)35(48)24(4)32(46)22(2)19-40(8,51)37(25(5)34(26(6)38(50)57-29)58-31-20-41(9,53-12)36(49)27(7)56-31)59-39-33(47)28(18-23(3)55-39)43(11)30(45)21-44-14-16-54-17-15-44/h22-29,31,33-37,39,47-49,51-52H,13-21H2,1-12H3/t22-,23-,24+,25+,26-,27+,28+,29-,31+,33-,34+,35-,36+,37-,39+,40+,41-,42-/m1/s1. The molecule has 342 valence electrons. The van der Waals surface area contributed by atoms with E-state index in [1.54, 1.807) is 55.5 Å². The van der Waals surface area contributed by atoms with Gasteiger partial charge in [0.1, 0.15) is 29.7 Å². The highest BCUT2D eigenvalue weighted by Crippen LogP contribution is 2.41. The number of esters is 1. The van der Waals surface area contributed by atoms with Crippen LogP contribution in [0.3, 0.4) is 0 Å². The van der Waals surface area contributed by atoms with Gasteiger partial charge in [-0.05, 0) is 60.8 Å². The van der Waals surface area contributed by atoms with Crippen LogP contribution in [0.4, 0.5) is 0 Å². The van der Waals surface area contributed by atoms with E-state index in [4.69, 9.17) is 33.2 Å². The van der Waals surface area contributed by atoms with Gasteiger partial charge in [0.25, 0.3) is 0 Å². The second-order valence-corrected chi connectivity index (χ2v) is 18.4. The number of ketones is 1. The summed E-state index contributed by atoms with van der Waals surface area (Å²) in [4.78, 5) is 45.2. The number of nitrogens with zero attached hydrogens (tertiary/aromatic N) is 2. The fraction of sp³-hybridized carbons (Fsp3) is 0.929. The Morgan fingerprint density at radius 1 is 0.915 bits per heavy atom. The topological polar surface area (TPSA) is 223 Å². The van der Waals surface area contributed by atoms with Gasteiger partial charge >= 0.3 is 5.97 Å². The van der Waals surface area contributed by atoms with E-state index in [0.717, 1.165) is 0 Å². The first-order valence-electron chi connectivity index (χ1n) is 21.4. The van der Waals surface area contributed by atoms with Crippen molar-refractivity contribution >= 4 is 17.7 Å². The number of methoxy groups -OCH3 is 1. The summed E-state index contributed by atoms with van der Waals surface area (Å²) < 4.78 is 42.8. The van der Waals surface area contributed by atoms with E-state index in [0.29, 0.717) is 32.7 Å². The predicted molar refractivity (Wildman–Crippen MR) is 213 cm³/mol. The molecular formula is C42H74N2O15. The molecule has 17 nitrogen and oxygen atoms in total. The lowest BCUT2D eigenvalue weighted by Gasteiger charge is -2.49. The number of Topliss-reactive ketones (excluding diaryl/α,β-unsaturated/α-hetero) is 1. The maximum Gasteiger partial charge on any atom is 0.311 e. The van der Waals surface area contributed by atoms with Gasteiger partial charge in [-0.2, -0.15) is 0 Å². The van der Waals surface area contributed by atoms with Gasteiger partial charge in [-0.15, -0.1) is 0 Å². The number of hydrogen-bond acceptors (Lipinski definition) is 16. The van der Waals surface area contributed by atoms with Gasteiger partial charge in [-0.3, -0.25) is 19.3 Å². The van der Waals surface area contributed by atoms with Crippen LogP contribution >= 0.6 is 0 Å². The molecule has 4 aliphatic rings. The summed E-state index contributed by atoms with van der Waals surface area (Å²) in [6.07, 6.45) is -11.1. The first-order chi connectivity index (χ1) is 27.4. The number of aliphatic hydroxyl groups is 5. The summed E-state index contributed by atoms with van der Waals surface area (Å²) in [5.41, 5.74) is -5.02. The van der Waals surface area contributed by atoms with Crippen molar-refractivity contribution in [1.82, 2.24) is 9.80 Å². The SMILES string of the molecule is CC[C@H]1OC(=O)[C@H](C)[C@@H](O[C@H]2C[C@@](C)(OC)[C@@H](O)[C@H](C)O2)[C@H](C)[C@@H](O[C@@H]2O[C@H](C)C[C@H](N(C)C(=O)CN3CCOCC3)[C@H]2O)[C@@](C)(O)C[C@@H](C)C(=O)[C@H](C)[C@@H](O)[C@]1(C)O. The summed E-state index contributed by atoms with van der Waals surface area (Å²) in [5.74, 6) is -5.52. The molecule has 4 aliphatic heterocycles. The number of carbonyl (C=O) groups is 3. The van der Waals surface area contributed by atoms with E-state index in [-0.39, 0.29) is 31.7 Å². The summed E-state index contributed by atoms with van der Waals surface area (Å²) in [6, 6.07) is -0.728. The van der Waals surface area contributed by atoms with Crippen molar-refractivity contribution in [2.75, 3.05) is 47.0 Å².